The van der Waals surface area contributed by atoms with Crippen molar-refractivity contribution in [3.63, 3.8) is 0 Å². The van der Waals surface area contributed by atoms with E-state index in [1.165, 1.54) is 0 Å². The van der Waals surface area contributed by atoms with Gasteiger partial charge in [-0.15, -0.1) is 0 Å². The van der Waals surface area contributed by atoms with Crippen LogP contribution < -0.4 is 0 Å². The van der Waals surface area contributed by atoms with Crippen molar-refractivity contribution >= 4 is 34.8 Å². The van der Waals surface area contributed by atoms with Crippen LogP contribution in [0.4, 0.5) is 5.69 Å². The summed E-state index contributed by atoms with van der Waals surface area (Å²) >= 11 is 12.3. The minimum absolute atomic E-state index is 0.0420. The van der Waals surface area contributed by atoms with Gasteiger partial charge in [0.1, 0.15) is 0 Å². The Hall–Kier alpha value is -2.02. The third kappa shape index (κ3) is 2.81. The van der Waals surface area contributed by atoms with Crippen LogP contribution in [0.2, 0.25) is 10.0 Å². The molecule has 3 rings (SSSR count). The third-order valence-corrected chi connectivity index (χ3v) is 4.97. The minimum Gasteiger partial charge on any atom is -0.333 e. The van der Waals surface area contributed by atoms with Gasteiger partial charge >= 0.3 is 0 Å². The molecule has 0 aromatic heterocycles. The molecule has 1 heterocycles. The highest BCUT2D eigenvalue weighted by Crippen LogP contribution is 2.39. The molecular formula is C18H14Cl2N2O. The number of carbonyl (C=O) groups is 1. The molecule has 2 aromatic rings. The van der Waals surface area contributed by atoms with E-state index in [4.69, 9.17) is 29.8 Å². The van der Waals surface area contributed by atoms with Gasteiger partial charge < -0.3 is 4.90 Å². The maximum atomic E-state index is 12.7. The molecule has 23 heavy (non-hydrogen) atoms. The summed E-state index contributed by atoms with van der Waals surface area (Å²) in [4.78, 5) is 18.1. The molecule has 0 saturated carbocycles. The summed E-state index contributed by atoms with van der Waals surface area (Å²) in [5.41, 5.74) is 3.24. The lowest BCUT2D eigenvalue weighted by molar-refractivity contribution is -0.132. The van der Waals surface area contributed by atoms with Crippen LogP contribution in [0.15, 0.2) is 36.4 Å². The number of amides is 1. The molecule has 5 heteroatoms. The van der Waals surface area contributed by atoms with Gasteiger partial charge in [-0.25, -0.2) is 4.85 Å². The summed E-state index contributed by atoms with van der Waals surface area (Å²) < 4.78 is 0. The van der Waals surface area contributed by atoms with Gasteiger partial charge in [0.15, 0.2) is 5.69 Å². The topological polar surface area (TPSA) is 24.7 Å². The van der Waals surface area contributed by atoms with Crippen molar-refractivity contribution in [1.82, 2.24) is 4.90 Å². The van der Waals surface area contributed by atoms with Gasteiger partial charge in [0, 0.05) is 16.6 Å². The standard InChI is InChI=1S/C18H14Cl2N2O/c1-11-12-5-3-8-17(21-2)14(12)10-22(11)18(23)9-13-15(19)6-4-7-16(13)20/h3-8,11H,9-10H2,1H3. The first-order chi connectivity index (χ1) is 11.0. The Morgan fingerprint density at radius 1 is 1.26 bits per heavy atom. The van der Waals surface area contributed by atoms with Crippen molar-refractivity contribution in [3.8, 4) is 0 Å². The molecule has 0 N–H and O–H groups in total. The summed E-state index contributed by atoms with van der Waals surface area (Å²) in [6.07, 6.45) is 0.157. The van der Waals surface area contributed by atoms with Crippen LogP contribution in [0.1, 0.15) is 29.7 Å². The van der Waals surface area contributed by atoms with Crippen LogP contribution in [0, 0.1) is 6.57 Å². The number of halogens is 2. The number of nitrogens with zero attached hydrogens (tertiary/aromatic N) is 2. The van der Waals surface area contributed by atoms with E-state index in [2.05, 4.69) is 4.85 Å². The second-order valence-electron chi connectivity index (χ2n) is 5.53. The van der Waals surface area contributed by atoms with Crippen molar-refractivity contribution in [1.29, 1.82) is 0 Å². The van der Waals surface area contributed by atoms with Crippen LogP contribution >= 0.6 is 23.2 Å². The van der Waals surface area contributed by atoms with Gasteiger partial charge in [-0.2, -0.15) is 0 Å². The Balaban J connectivity index is 1.87. The molecular weight excluding hydrogens is 331 g/mol. The van der Waals surface area contributed by atoms with Crippen LogP contribution in [0.3, 0.4) is 0 Å². The van der Waals surface area contributed by atoms with Gasteiger partial charge in [-0.3, -0.25) is 4.79 Å². The number of hydrogen-bond acceptors (Lipinski definition) is 1. The molecule has 0 fully saturated rings. The highest BCUT2D eigenvalue weighted by molar-refractivity contribution is 6.36. The molecule has 3 nitrogen and oxygen atoms in total. The molecule has 0 saturated heterocycles. The fraction of sp³-hybridized carbons (Fsp3) is 0.222. The normalized spacial score (nSPS) is 16.1. The molecule has 1 atom stereocenters. The fourth-order valence-corrected chi connectivity index (χ4v) is 3.52. The Labute approximate surface area is 145 Å². The predicted molar refractivity (Wildman–Crippen MR) is 91.8 cm³/mol. The van der Waals surface area contributed by atoms with E-state index in [0.717, 1.165) is 11.1 Å². The average molecular weight is 345 g/mol. The van der Waals surface area contributed by atoms with Crippen LogP contribution in [-0.2, 0) is 17.8 Å². The number of benzene rings is 2. The first-order valence-electron chi connectivity index (χ1n) is 7.24. The van der Waals surface area contributed by atoms with Crippen LogP contribution in [0.5, 0.6) is 0 Å². The molecule has 1 aliphatic heterocycles. The second-order valence-corrected chi connectivity index (χ2v) is 6.35. The van der Waals surface area contributed by atoms with Crippen molar-refractivity contribution < 1.29 is 4.79 Å². The zero-order chi connectivity index (χ0) is 16.6. The zero-order valence-corrected chi connectivity index (χ0v) is 14.0. The summed E-state index contributed by atoms with van der Waals surface area (Å²) in [6, 6.07) is 10.8. The van der Waals surface area contributed by atoms with E-state index in [-0.39, 0.29) is 18.4 Å². The van der Waals surface area contributed by atoms with E-state index in [1.54, 1.807) is 29.2 Å². The van der Waals surface area contributed by atoms with Crippen LogP contribution in [0.25, 0.3) is 4.85 Å². The van der Waals surface area contributed by atoms with Crippen molar-refractivity contribution in [2.24, 2.45) is 0 Å². The van der Waals surface area contributed by atoms with Gasteiger partial charge in [0.2, 0.25) is 5.91 Å². The van der Waals surface area contributed by atoms with Gasteiger partial charge in [-0.1, -0.05) is 47.5 Å². The first kappa shape index (κ1) is 15.9. The smallest absolute Gasteiger partial charge is 0.227 e. The van der Waals surface area contributed by atoms with E-state index < -0.39 is 0 Å². The quantitative estimate of drug-likeness (QED) is 0.688. The van der Waals surface area contributed by atoms with Gasteiger partial charge in [-0.05, 0) is 35.7 Å². The molecule has 1 amide bonds. The highest BCUT2D eigenvalue weighted by Gasteiger charge is 2.32. The molecule has 116 valence electrons. The zero-order valence-electron chi connectivity index (χ0n) is 12.5. The minimum atomic E-state index is -0.0551. The third-order valence-electron chi connectivity index (χ3n) is 4.26. The summed E-state index contributed by atoms with van der Waals surface area (Å²) in [6.45, 7) is 9.71. The highest BCUT2D eigenvalue weighted by atomic mass is 35.5. The largest absolute Gasteiger partial charge is 0.333 e. The Morgan fingerprint density at radius 3 is 2.57 bits per heavy atom. The molecule has 1 aliphatic rings. The average Bonchev–Trinajstić information content (AvgIpc) is 2.88. The lowest BCUT2D eigenvalue weighted by atomic mass is 10.0. The van der Waals surface area contributed by atoms with E-state index in [9.17, 15) is 4.79 Å². The summed E-state index contributed by atoms with van der Waals surface area (Å²) in [5, 5.41) is 0.995. The van der Waals surface area contributed by atoms with Gasteiger partial charge in [0.05, 0.1) is 19.0 Å². The predicted octanol–water partition coefficient (Wildman–Crippen LogP) is 5.19. The summed E-state index contributed by atoms with van der Waals surface area (Å²) in [5.74, 6) is -0.0420. The molecule has 1 unspecified atom stereocenters. The monoisotopic (exact) mass is 344 g/mol. The SMILES string of the molecule is [C-]#[N+]c1cccc2c1CN(C(=O)Cc1c(Cl)cccc1Cl)C2C. The van der Waals surface area contributed by atoms with Crippen molar-refractivity contribution in [2.45, 2.75) is 25.9 Å². The maximum absolute atomic E-state index is 12.7. The van der Waals surface area contributed by atoms with E-state index in [1.807, 2.05) is 19.1 Å². The lowest BCUT2D eigenvalue weighted by Gasteiger charge is -2.22. The van der Waals surface area contributed by atoms with Crippen molar-refractivity contribution in [2.75, 3.05) is 0 Å². The Bertz CT molecular complexity index is 806. The number of carbonyl (C=O) groups excluding carboxylic acids is 1. The second kappa shape index (κ2) is 6.23. The molecule has 0 aliphatic carbocycles. The Morgan fingerprint density at radius 2 is 1.91 bits per heavy atom. The molecule has 0 radical (unpaired) electrons. The maximum Gasteiger partial charge on any atom is 0.227 e. The number of rotatable bonds is 2. The van der Waals surface area contributed by atoms with E-state index in [0.29, 0.717) is 27.8 Å². The number of fused-ring (bicyclic) bond motifs is 1. The molecule has 2 aromatic carbocycles. The fourth-order valence-electron chi connectivity index (χ4n) is 2.99. The first-order valence-corrected chi connectivity index (χ1v) is 8.00. The molecule has 0 spiro atoms. The number of hydrogen-bond donors (Lipinski definition) is 0. The molecule has 0 bridgehead atoms. The van der Waals surface area contributed by atoms with Crippen LogP contribution in [-0.4, -0.2) is 10.8 Å². The van der Waals surface area contributed by atoms with E-state index >= 15 is 0 Å². The van der Waals surface area contributed by atoms with Gasteiger partial charge in [0.25, 0.3) is 0 Å². The van der Waals surface area contributed by atoms with Crippen molar-refractivity contribution in [3.05, 3.63) is 74.6 Å². The summed E-state index contributed by atoms with van der Waals surface area (Å²) in [7, 11) is 0. The lowest BCUT2D eigenvalue weighted by Crippen LogP contribution is -2.29. The Kier molecular flexibility index (Phi) is 4.30.